The van der Waals surface area contributed by atoms with Gasteiger partial charge in [0, 0.05) is 17.7 Å². The third-order valence-electron chi connectivity index (χ3n) is 4.04. The molecular weight excluding hydrogens is 390 g/mol. The molecule has 1 aromatic heterocycles. The molecule has 0 unspecified atom stereocenters. The van der Waals surface area contributed by atoms with Gasteiger partial charge in [-0.15, -0.1) is 10.2 Å². The first-order valence-corrected chi connectivity index (χ1v) is 9.91. The summed E-state index contributed by atoms with van der Waals surface area (Å²) in [7, 11) is 1.47. The van der Waals surface area contributed by atoms with Gasteiger partial charge in [0.05, 0.1) is 19.1 Å². The smallest absolute Gasteiger partial charge is 0.250 e. The number of nitrogens with one attached hydrogen (secondary N) is 1. The number of thioether (sulfide) groups is 1. The molecule has 0 atom stereocenters. The zero-order valence-corrected chi connectivity index (χ0v) is 16.9. The number of aromatic nitrogens is 3. The number of hydrogen-bond acceptors (Lipinski definition) is 7. The van der Waals surface area contributed by atoms with Gasteiger partial charge in [-0.05, 0) is 19.1 Å². The molecule has 0 aliphatic rings. The highest BCUT2D eigenvalue weighted by molar-refractivity contribution is 7.99. The van der Waals surface area contributed by atoms with Crippen LogP contribution in [0.5, 0.6) is 11.5 Å². The Kier molecular flexibility index (Phi) is 6.85. The maximum Gasteiger partial charge on any atom is 0.250 e. The number of nitrogens with zero attached hydrogens (tertiary/aromatic N) is 4. The lowest BCUT2D eigenvalue weighted by Crippen LogP contribution is -2.20. The summed E-state index contributed by atoms with van der Waals surface area (Å²) in [5.41, 5.74) is 3.86. The van der Waals surface area contributed by atoms with Crippen LogP contribution in [0.4, 0.5) is 0 Å². The molecule has 0 radical (unpaired) electrons. The molecule has 1 heterocycles. The number of methoxy groups -OCH3 is 1. The second kappa shape index (κ2) is 9.74. The Morgan fingerprint density at radius 3 is 2.76 bits per heavy atom. The maximum atomic E-state index is 12.1. The number of ether oxygens (including phenoxy) is 1. The molecule has 0 saturated heterocycles. The Bertz CT molecular complexity index is 1000. The highest BCUT2D eigenvalue weighted by Crippen LogP contribution is 2.28. The predicted molar refractivity (Wildman–Crippen MR) is 112 cm³/mol. The van der Waals surface area contributed by atoms with Crippen LogP contribution in [0.15, 0.2) is 58.8 Å². The summed E-state index contributed by atoms with van der Waals surface area (Å²) < 4.78 is 7.00. The fourth-order valence-corrected chi connectivity index (χ4v) is 3.42. The summed E-state index contributed by atoms with van der Waals surface area (Å²) in [5.74, 6) is 0.910. The Balaban J connectivity index is 1.59. The van der Waals surface area contributed by atoms with Crippen LogP contribution in [0.25, 0.3) is 11.4 Å². The number of phenolic OH excluding ortho intramolecular Hbond substituents is 1. The van der Waals surface area contributed by atoms with Crippen LogP contribution in [-0.4, -0.2) is 44.9 Å². The molecular formula is C20H21N5O3S. The third kappa shape index (κ3) is 4.94. The van der Waals surface area contributed by atoms with E-state index in [-0.39, 0.29) is 17.4 Å². The maximum absolute atomic E-state index is 12.1. The minimum absolute atomic E-state index is 0.0353. The fourth-order valence-electron chi connectivity index (χ4n) is 2.63. The minimum atomic E-state index is -0.291. The average Bonchev–Trinajstić information content (AvgIpc) is 3.17. The molecule has 0 aliphatic heterocycles. The summed E-state index contributed by atoms with van der Waals surface area (Å²) in [6, 6.07) is 14.8. The number of amides is 1. The molecule has 2 N–H and O–H groups in total. The van der Waals surface area contributed by atoms with E-state index in [1.807, 2.05) is 41.8 Å². The van der Waals surface area contributed by atoms with Crippen LogP contribution >= 0.6 is 11.8 Å². The van der Waals surface area contributed by atoms with E-state index in [4.69, 9.17) is 4.74 Å². The normalized spacial score (nSPS) is 11.0. The molecule has 29 heavy (non-hydrogen) atoms. The molecule has 1 amide bonds. The fraction of sp³-hybridized carbons (Fsp3) is 0.200. The number of carbonyl (C=O) groups excluding carboxylic acids is 1. The third-order valence-corrected chi connectivity index (χ3v) is 5.01. The lowest BCUT2D eigenvalue weighted by atomic mass is 10.2. The Hall–Kier alpha value is -3.33. The summed E-state index contributed by atoms with van der Waals surface area (Å²) in [6.07, 6.45) is 1.36. The standard InChI is InChI=1S/C20H21N5O3S/c1-3-25-19(14-8-5-4-6-9-14)23-24-20(25)29-13-17(26)22-21-12-15-10-7-11-16(28-2)18(15)27/h4-12,27H,3,13H2,1-2H3,(H,22,26)/b21-12+. The number of rotatable bonds is 8. The highest BCUT2D eigenvalue weighted by Gasteiger charge is 2.14. The molecule has 0 aliphatic carbocycles. The number of hydrazone groups is 1. The van der Waals surface area contributed by atoms with Crippen LogP contribution < -0.4 is 10.2 Å². The Morgan fingerprint density at radius 2 is 2.03 bits per heavy atom. The summed E-state index contributed by atoms with van der Waals surface area (Å²) >= 11 is 1.28. The Morgan fingerprint density at radius 1 is 1.24 bits per heavy atom. The van der Waals surface area contributed by atoms with Gasteiger partial charge >= 0.3 is 0 Å². The molecule has 0 bridgehead atoms. The van der Waals surface area contributed by atoms with Gasteiger partial charge in [0.2, 0.25) is 0 Å². The zero-order chi connectivity index (χ0) is 20.6. The number of hydrogen-bond donors (Lipinski definition) is 2. The molecule has 8 nitrogen and oxygen atoms in total. The lowest BCUT2D eigenvalue weighted by Gasteiger charge is -2.07. The van der Waals surface area contributed by atoms with E-state index in [0.29, 0.717) is 23.0 Å². The van der Waals surface area contributed by atoms with Gasteiger partial charge in [0.15, 0.2) is 22.5 Å². The molecule has 3 aromatic rings. The van der Waals surface area contributed by atoms with Gasteiger partial charge < -0.3 is 14.4 Å². The van der Waals surface area contributed by atoms with Crippen LogP contribution in [0, 0.1) is 0 Å². The van der Waals surface area contributed by atoms with Crippen molar-refractivity contribution in [3.63, 3.8) is 0 Å². The molecule has 0 fully saturated rings. The van der Waals surface area contributed by atoms with Gasteiger partial charge in [-0.2, -0.15) is 5.10 Å². The first-order chi connectivity index (χ1) is 14.1. The van der Waals surface area contributed by atoms with Crippen LogP contribution in [0.3, 0.4) is 0 Å². The van der Waals surface area contributed by atoms with Crippen molar-refractivity contribution in [2.75, 3.05) is 12.9 Å². The zero-order valence-electron chi connectivity index (χ0n) is 16.1. The molecule has 0 spiro atoms. The van der Waals surface area contributed by atoms with Crippen molar-refractivity contribution in [2.45, 2.75) is 18.6 Å². The first kappa shape index (κ1) is 20.4. The van der Waals surface area contributed by atoms with E-state index in [2.05, 4.69) is 20.7 Å². The largest absolute Gasteiger partial charge is 0.504 e. The molecule has 150 valence electrons. The molecule has 3 rings (SSSR count). The van der Waals surface area contributed by atoms with Crippen molar-refractivity contribution in [3.05, 3.63) is 54.1 Å². The van der Waals surface area contributed by atoms with E-state index in [9.17, 15) is 9.90 Å². The van der Waals surface area contributed by atoms with E-state index >= 15 is 0 Å². The van der Waals surface area contributed by atoms with Crippen LogP contribution in [0.2, 0.25) is 0 Å². The molecule has 2 aromatic carbocycles. The number of phenols is 1. The van der Waals surface area contributed by atoms with Gasteiger partial charge in [-0.1, -0.05) is 48.2 Å². The van der Waals surface area contributed by atoms with Crippen molar-refractivity contribution in [2.24, 2.45) is 5.10 Å². The molecule has 0 saturated carbocycles. The Labute approximate surface area is 172 Å². The lowest BCUT2D eigenvalue weighted by molar-refractivity contribution is -0.118. The van der Waals surface area contributed by atoms with Crippen molar-refractivity contribution in [1.29, 1.82) is 0 Å². The highest BCUT2D eigenvalue weighted by atomic mass is 32.2. The topological polar surface area (TPSA) is 102 Å². The average molecular weight is 411 g/mol. The second-order valence-corrected chi connectivity index (χ2v) is 6.84. The van der Waals surface area contributed by atoms with Crippen LogP contribution in [-0.2, 0) is 11.3 Å². The number of carbonyl (C=O) groups is 1. The first-order valence-electron chi connectivity index (χ1n) is 8.93. The van der Waals surface area contributed by atoms with Crippen molar-refractivity contribution < 1.29 is 14.6 Å². The molecule has 9 heteroatoms. The number of para-hydroxylation sites is 1. The van der Waals surface area contributed by atoms with Crippen molar-refractivity contribution in [3.8, 4) is 22.9 Å². The van der Waals surface area contributed by atoms with Gasteiger partial charge in [-0.3, -0.25) is 4.79 Å². The van der Waals surface area contributed by atoms with Gasteiger partial charge in [-0.25, -0.2) is 5.43 Å². The number of aromatic hydroxyl groups is 1. The van der Waals surface area contributed by atoms with E-state index in [1.165, 1.54) is 25.1 Å². The van der Waals surface area contributed by atoms with E-state index < -0.39 is 0 Å². The predicted octanol–water partition coefficient (Wildman–Crippen LogP) is 2.92. The van der Waals surface area contributed by atoms with E-state index in [0.717, 1.165) is 11.4 Å². The number of benzene rings is 2. The summed E-state index contributed by atoms with van der Waals surface area (Å²) in [4.78, 5) is 12.1. The monoisotopic (exact) mass is 411 g/mol. The van der Waals surface area contributed by atoms with Gasteiger partial charge in [0.25, 0.3) is 5.91 Å². The van der Waals surface area contributed by atoms with E-state index in [1.54, 1.807) is 18.2 Å². The van der Waals surface area contributed by atoms with Crippen molar-refractivity contribution >= 4 is 23.9 Å². The minimum Gasteiger partial charge on any atom is -0.504 e. The van der Waals surface area contributed by atoms with Crippen molar-refractivity contribution in [1.82, 2.24) is 20.2 Å². The second-order valence-electron chi connectivity index (χ2n) is 5.90. The SMILES string of the molecule is CCn1c(SCC(=O)N/N=C/c2cccc(OC)c2O)nnc1-c1ccccc1. The summed E-state index contributed by atoms with van der Waals surface area (Å²) in [5, 5.41) is 23.0. The summed E-state index contributed by atoms with van der Waals surface area (Å²) in [6.45, 7) is 2.69. The van der Waals surface area contributed by atoms with Gasteiger partial charge in [0.1, 0.15) is 0 Å². The quantitative estimate of drug-likeness (QED) is 0.336. The van der Waals surface area contributed by atoms with Crippen LogP contribution in [0.1, 0.15) is 12.5 Å².